The number of anilines is 2. The second-order valence-electron chi connectivity index (χ2n) is 8.05. The quantitative estimate of drug-likeness (QED) is 0.207. The summed E-state index contributed by atoms with van der Waals surface area (Å²) >= 11 is 6.67. The number of halogens is 5. The van der Waals surface area contributed by atoms with Crippen molar-refractivity contribution in [1.29, 1.82) is 0 Å². The van der Waals surface area contributed by atoms with Gasteiger partial charge >= 0.3 is 0 Å². The number of pyridine rings is 1. The van der Waals surface area contributed by atoms with E-state index < -0.39 is 43.9 Å². The Labute approximate surface area is 233 Å². The van der Waals surface area contributed by atoms with Crippen LogP contribution in [-0.2, 0) is 10.0 Å². The lowest BCUT2D eigenvalue weighted by molar-refractivity contribution is 0.521. The third kappa shape index (κ3) is 5.33. The SMILES string of the molecule is CNc1nccc(-c2sc(-c3ccc(F)cn3)nc2-c2cccc(NS(=O)(=O)c3c(F)cc(Cl)cc3F)c2F)n1. The van der Waals surface area contributed by atoms with Crippen LogP contribution in [0.4, 0.5) is 29.2 Å². The van der Waals surface area contributed by atoms with Gasteiger partial charge in [-0.1, -0.05) is 17.7 Å². The first kappa shape index (κ1) is 27.4. The Balaban J connectivity index is 1.64. The van der Waals surface area contributed by atoms with Gasteiger partial charge in [0.2, 0.25) is 5.95 Å². The van der Waals surface area contributed by atoms with Crippen LogP contribution in [0.5, 0.6) is 0 Å². The molecule has 0 bridgehead atoms. The fourth-order valence-electron chi connectivity index (χ4n) is 3.67. The number of hydrogen-bond acceptors (Lipinski definition) is 8. The van der Waals surface area contributed by atoms with Crippen LogP contribution in [0.15, 0.2) is 65.8 Å². The predicted octanol–water partition coefficient (Wildman–Crippen LogP) is 6.38. The van der Waals surface area contributed by atoms with Crippen molar-refractivity contribution >= 4 is 44.6 Å². The molecule has 204 valence electrons. The Morgan fingerprint density at radius 2 is 1.68 bits per heavy atom. The van der Waals surface area contributed by atoms with Gasteiger partial charge in [0.25, 0.3) is 10.0 Å². The smallest absolute Gasteiger partial charge is 0.267 e. The minimum absolute atomic E-state index is 0.0641. The van der Waals surface area contributed by atoms with E-state index in [0.717, 1.165) is 23.6 Å². The summed E-state index contributed by atoms with van der Waals surface area (Å²) in [4.78, 5) is 16.0. The zero-order valence-electron chi connectivity index (χ0n) is 20.1. The molecule has 0 atom stereocenters. The monoisotopic (exact) mass is 606 g/mol. The average Bonchev–Trinajstić information content (AvgIpc) is 3.34. The standard InChI is InChI=1S/C25H15ClF4N6O2S2/c1-31-25-32-8-7-18(34-25)22-21(35-24(39-22)19-6-5-13(27)11-33-19)14-3-2-4-17(20(14)30)36-40(37,38)23-15(28)9-12(26)10-16(23)29/h2-11,36H,1H3,(H,31,32,34). The number of thiazole rings is 1. The molecule has 0 aliphatic carbocycles. The summed E-state index contributed by atoms with van der Waals surface area (Å²) in [7, 11) is -3.30. The van der Waals surface area contributed by atoms with Gasteiger partial charge in [-0.25, -0.2) is 40.9 Å². The highest BCUT2D eigenvalue weighted by Gasteiger charge is 2.28. The number of hydrogen-bond donors (Lipinski definition) is 2. The average molecular weight is 607 g/mol. The summed E-state index contributed by atoms with van der Waals surface area (Å²) in [5.74, 6) is -4.26. The van der Waals surface area contributed by atoms with Crippen LogP contribution in [0.2, 0.25) is 5.02 Å². The molecule has 0 fully saturated rings. The van der Waals surface area contributed by atoms with Gasteiger partial charge in [0, 0.05) is 23.8 Å². The number of aromatic nitrogens is 4. The molecule has 3 aromatic heterocycles. The molecule has 0 aliphatic heterocycles. The molecule has 0 saturated carbocycles. The molecule has 0 amide bonds. The first-order chi connectivity index (χ1) is 19.1. The van der Waals surface area contributed by atoms with Gasteiger partial charge in [0.05, 0.1) is 33.8 Å². The molecule has 5 aromatic rings. The first-order valence-corrected chi connectivity index (χ1v) is 13.9. The van der Waals surface area contributed by atoms with Gasteiger partial charge in [-0.05, 0) is 42.5 Å². The van der Waals surface area contributed by atoms with Crippen molar-refractivity contribution in [3.63, 3.8) is 0 Å². The van der Waals surface area contributed by atoms with Crippen molar-refractivity contribution < 1.29 is 26.0 Å². The van der Waals surface area contributed by atoms with Crippen molar-refractivity contribution in [3.05, 3.63) is 89.2 Å². The molecule has 2 aromatic carbocycles. The summed E-state index contributed by atoms with van der Waals surface area (Å²) < 4.78 is 85.7. The Hall–Kier alpha value is -4.14. The Morgan fingerprint density at radius 1 is 0.925 bits per heavy atom. The number of sulfonamides is 1. The van der Waals surface area contributed by atoms with Crippen LogP contribution in [0, 0.1) is 23.3 Å². The highest BCUT2D eigenvalue weighted by Crippen LogP contribution is 2.41. The molecule has 0 aliphatic rings. The molecule has 0 spiro atoms. The van der Waals surface area contributed by atoms with Gasteiger partial charge in [-0.2, -0.15) is 0 Å². The lowest BCUT2D eigenvalue weighted by Crippen LogP contribution is -2.17. The summed E-state index contributed by atoms with van der Waals surface area (Å²) in [6, 6.07) is 9.17. The molecule has 5 rings (SSSR count). The second kappa shape index (κ2) is 10.8. The van der Waals surface area contributed by atoms with E-state index in [1.165, 1.54) is 30.5 Å². The lowest BCUT2D eigenvalue weighted by atomic mass is 10.1. The molecule has 40 heavy (non-hydrogen) atoms. The van der Waals surface area contributed by atoms with E-state index in [1.807, 2.05) is 4.72 Å². The van der Waals surface area contributed by atoms with Gasteiger partial charge in [0.15, 0.2) is 10.7 Å². The van der Waals surface area contributed by atoms with Crippen molar-refractivity contribution in [2.75, 3.05) is 17.1 Å². The zero-order valence-corrected chi connectivity index (χ0v) is 22.5. The Bertz CT molecular complexity index is 1830. The van der Waals surface area contributed by atoms with Gasteiger partial charge < -0.3 is 5.32 Å². The van der Waals surface area contributed by atoms with Crippen LogP contribution in [0.1, 0.15) is 0 Å². The van der Waals surface area contributed by atoms with E-state index >= 15 is 4.39 Å². The summed E-state index contributed by atoms with van der Waals surface area (Å²) in [6.07, 6.45) is 2.48. The highest BCUT2D eigenvalue weighted by molar-refractivity contribution is 7.92. The minimum Gasteiger partial charge on any atom is -0.357 e. The van der Waals surface area contributed by atoms with Crippen molar-refractivity contribution in [2.24, 2.45) is 0 Å². The normalized spacial score (nSPS) is 11.4. The fourth-order valence-corrected chi connectivity index (χ4v) is 6.07. The van der Waals surface area contributed by atoms with E-state index in [4.69, 9.17) is 11.6 Å². The molecule has 8 nitrogen and oxygen atoms in total. The maximum atomic E-state index is 15.9. The highest BCUT2D eigenvalue weighted by atomic mass is 35.5. The third-order valence-electron chi connectivity index (χ3n) is 5.42. The van der Waals surface area contributed by atoms with Crippen LogP contribution >= 0.6 is 22.9 Å². The molecule has 15 heteroatoms. The molecule has 3 heterocycles. The number of nitrogens with one attached hydrogen (secondary N) is 2. The molecular formula is C25H15ClF4N6O2S2. The van der Waals surface area contributed by atoms with E-state index in [9.17, 15) is 21.6 Å². The Morgan fingerprint density at radius 3 is 2.35 bits per heavy atom. The molecule has 2 N–H and O–H groups in total. The van der Waals surface area contributed by atoms with E-state index in [-0.39, 0.29) is 22.2 Å². The number of nitrogens with zero attached hydrogens (tertiary/aromatic N) is 4. The minimum atomic E-state index is -4.92. The predicted molar refractivity (Wildman–Crippen MR) is 143 cm³/mol. The van der Waals surface area contributed by atoms with E-state index in [2.05, 4.69) is 25.3 Å². The second-order valence-corrected chi connectivity index (χ2v) is 11.1. The summed E-state index contributed by atoms with van der Waals surface area (Å²) in [5, 5.41) is 2.75. The molecular weight excluding hydrogens is 592 g/mol. The largest absolute Gasteiger partial charge is 0.357 e. The van der Waals surface area contributed by atoms with Crippen LogP contribution < -0.4 is 10.0 Å². The number of rotatable bonds is 7. The van der Waals surface area contributed by atoms with E-state index in [0.29, 0.717) is 33.4 Å². The van der Waals surface area contributed by atoms with Crippen molar-refractivity contribution in [1.82, 2.24) is 19.9 Å². The maximum Gasteiger partial charge on any atom is 0.267 e. The molecule has 0 radical (unpaired) electrons. The molecule has 0 unspecified atom stereocenters. The maximum absolute atomic E-state index is 15.9. The van der Waals surface area contributed by atoms with Crippen LogP contribution in [0.3, 0.4) is 0 Å². The van der Waals surface area contributed by atoms with Crippen molar-refractivity contribution in [3.8, 4) is 32.5 Å². The molecule has 0 saturated heterocycles. The van der Waals surface area contributed by atoms with Crippen molar-refractivity contribution in [2.45, 2.75) is 4.90 Å². The fraction of sp³-hybridized carbons (Fsp3) is 0.0400. The van der Waals surface area contributed by atoms with Crippen LogP contribution in [0.25, 0.3) is 32.5 Å². The van der Waals surface area contributed by atoms with Gasteiger partial charge in [-0.15, -0.1) is 11.3 Å². The topological polar surface area (TPSA) is 110 Å². The summed E-state index contributed by atoms with van der Waals surface area (Å²) in [6.45, 7) is 0. The number of benzene rings is 2. The van der Waals surface area contributed by atoms with Gasteiger partial charge in [0.1, 0.15) is 22.5 Å². The Kier molecular flexibility index (Phi) is 7.40. The lowest BCUT2D eigenvalue weighted by Gasteiger charge is -2.13. The first-order valence-electron chi connectivity index (χ1n) is 11.2. The summed E-state index contributed by atoms with van der Waals surface area (Å²) in [5.41, 5.74) is -0.0235. The zero-order chi connectivity index (χ0) is 28.6. The third-order valence-corrected chi connectivity index (χ3v) is 8.15. The van der Waals surface area contributed by atoms with Crippen LogP contribution in [-0.4, -0.2) is 35.4 Å². The van der Waals surface area contributed by atoms with Gasteiger partial charge in [-0.3, -0.25) is 9.71 Å². The van der Waals surface area contributed by atoms with E-state index in [1.54, 1.807) is 13.1 Å².